The van der Waals surface area contributed by atoms with E-state index in [1.807, 2.05) is 4.68 Å². The van der Waals surface area contributed by atoms with Crippen LogP contribution >= 0.6 is 0 Å². The molecule has 4 nitrogen and oxygen atoms in total. The van der Waals surface area contributed by atoms with Gasteiger partial charge in [0.2, 0.25) is 0 Å². The Morgan fingerprint density at radius 1 is 1.50 bits per heavy atom. The van der Waals surface area contributed by atoms with Crippen molar-refractivity contribution in [2.75, 3.05) is 11.4 Å². The molecule has 0 amide bonds. The summed E-state index contributed by atoms with van der Waals surface area (Å²) < 4.78 is 2.04. The van der Waals surface area contributed by atoms with Crippen molar-refractivity contribution in [1.82, 2.24) is 9.78 Å². The molecular weight excluding hydrogens is 224 g/mol. The van der Waals surface area contributed by atoms with E-state index in [1.165, 1.54) is 30.6 Å². The maximum Gasteiger partial charge on any atom is 0.130 e. The molecular formula is C14H26N4. The Balaban J connectivity index is 2.33. The van der Waals surface area contributed by atoms with Gasteiger partial charge in [-0.3, -0.25) is 4.68 Å². The molecule has 0 spiro atoms. The monoisotopic (exact) mass is 250 g/mol. The second-order valence-electron chi connectivity index (χ2n) is 5.62. The van der Waals surface area contributed by atoms with E-state index in [0.717, 1.165) is 24.7 Å². The number of hydrogen-bond donors (Lipinski definition) is 1. The van der Waals surface area contributed by atoms with Gasteiger partial charge in [-0.25, -0.2) is 0 Å². The number of nitrogens with two attached hydrogens (primary N) is 1. The van der Waals surface area contributed by atoms with Gasteiger partial charge >= 0.3 is 0 Å². The zero-order chi connectivity index (χ0) is 13.3. The van der Waals surface area contributed by atoms with Gasteiger partial charge in [0.25, 0.3) is 0 Å². The van der Waals surface area contributed by atoms with Crippen LogP contribution in [0.2, 0.25) is 0 Å². The molecule has 1 aromatic heterocycles. The van der Waals surface area contributed by atoms with E-state index < -0.39 is 0 Å². The second-order valence-corrected chi connectivity index (χ2v) is 5.62. The molecule has 0 radical (unpaired) electrons. The van der Waals surface area contributed by atoms with Crippen LogP contribution in [0.4, 0.5) is 5.82 Å². The highest BCUT2D eigenvalue weighted by atomic mass is 15.4. The first-order valence-corrected chi connectivity index (χ1v) is 7.09. The van der Waals surface area contributed by atoms with Crippen molar-refractivity contribution in [3.8, 4) is 0 Å². The maximum atomic E-state index is 5.98. The highest BCUT2D eigenvalue weighted by Gasteiger charge is 2.32. The van der Waals surface area contributed by atoms with Gasteiger partial charge < -0.3 is 10.6 Å². The zero-order valence-electron chi connectivity index (χ0n) is 12.1. The second kappa shape index (κ2) is 5.31. The van der Waals surface area contributed by atoms with Crippen molar-refractivity contribution in [1.29, 1.82) is 0 Å². The van der Waals surface area contributed by atoms with Crippen molar-refractivity contribution in [3.63, 3.8) is 0 Å². The minimum Gasteiger partial charge on any atom is -0.354 e. The van der Waals surface area contributed by atoms with Gasteiger partial charge in [-0.1, -0.05) is 6.92 Å². The van der Waals surface area contributed by atoms with Crippen LogP contribution in [-0.4, -0.2) is 28.4 Å². The zero-order valence-corrected chi connectivity index (χ0v) is 12.1. The summed E-state index contributed by atoms with van der Waals surface area (Å²) in [6, 6.07) is 0.918. The van der Waals surface area contributed by atoms with Gasteiger partial charge in [0.05, 0.1) is 5.69 Å². The molecule has 1 aromatic rings. The van der Waals surface area contributed by atoms with Crippen molar-refractivity contribution >= 4 is 5.82 Å². The third-order valence-corrected chi connectivity index (χ3v) is 3.56. The highest BCUT2D eigenvalue weighted by molar-refractivity contribution is 5.52. The van der Waals surface area contributed by atoms with Crippen LogP contribution in [0.5, 0.6) is 0 Å². The lowest BCUT2D eigenvalue weighted by atomic mass is 10.1. The first-order chi connectivity index (χ1) is 8.54. The summed E-state index contributed by atoms with van der Waals surface area (Å²) in [5.74, 6) is 1.30. The average molecular weight is 250 g/mol. The van der Waals surface area contributed by atoms with Crippen LogP contribution < -0.4 is 10.6 Å². The van der Waals surface area contributed by atoms with E-state index >= 15 is 0 Å². The lowest BCUT2D eigenvalue weighted by molar-refractivity contribution is 0.675. The number of aryl methyl sites for hydroxylation is 2. The van der Waals surface area contributed by atoms with Crippen molar-refractivity contribution in [2.45, 2.75) is 58.5 Å². The number of aromatic nitrogens is 2. The third-order valence-electron chi connectivity index (χ3n) is 3.56. The van der Waals surface area contributed by atoms with Crippen LogP contribution in [0.15, 0.2) is 0 Å². The molecule has 1 aliphatic carbocycles. The van der Waals surface area contributed by atoms with E-state index in [-0.39, 0.29) is 6.04 Å². The summed E-state index contributed by atoms with van der Waals surface area (Å²) in [5.41, 5.74) is 8.45. The minimum absolute atomic E-state index is 0.189. The van der Waals surface area contributed by atoms with Gasteiger partial charge in [0, 0.05) is 31.2 Å². The molecule has 1 atom stereocenters. The maximum absolute atomic E-state index is 5.98. The molecule has 1 unspecified atom stereocenters. The smallest absolute Gasteiger partial charge is 0.130 e. The summed E-state index contributed by atoms with van der Waals surface area (Å²) in [5, 5.41) is 4.60. The average Bonchev–Trinajstić information content (AvgIpc) is 3.06. The topological polar surface area (TPSA) is 47.1 Å². The van der Waals surface area contributed by atoms with Gasteiger partial charge in [-0.2, -0.15) is 5.10 Å². The molecule has 0 aliphatic heterocycles. The third kappa shape index (κ3) is 2.69. The van der Waals surface area contributed by atoms with Crippen LogP contribution in [0.1, 0.15) is 44.4 Å². The number of hydrogen-bond acceptors (Lipinski definition) is 3. The molecule has 2 N–H and O–H groups in total. The normalized spacial score (nSPS) is 16.9. The molecule has 1 aliphatic rings. The highest BCUT2D eigenvalue weighted by Crippen LogP contribution is 2.34. The predicted octanol–water partition coefficient (Wildman–Crippen LogP) is 2.00. The van der Waals surface area contributed by atoms with Crippen LogP contribution in [0, 0.1) is 6.92 Å². The Hall–Kier alpha value is -1.03. The fourth-order valence-electron chi connectivity index (χ4n) is 2.70. The van der Waals surface area contributed by atoms with Crippen LogP contribution in [0.25, 0.3) is 0 Å². The molecule has 18 heavy (non-hydrogen) atoms. The Morgan fingerprint density at radius 3 is 2.67 bits per heavy atom. The molecule has 0 saturated heterocycles. The SMILES string of the molecule is CCCN(c1c(CC(C)N)c(C)nn1C)C1CC1. The summed E-state index contributed by atoms with van der Waals surface area (Å²) in [7, 11) is 2.05. The molecule has 4 heteroatoms. The van der Waals surface area contributed by atoms with E-state index in [0.29, 0.717) is 0 Å². The summed E-state index contributed by atoms with van der Waals surface area (Å²) in [6.45, 7) is 7.52. The van der Waals surface area contributed by atoms with E-state index in [4.69, 9.17) is 5.73 Å². The summed E-state index contributed by atoms with van der Waals surface area (Å²) >= 11 is 0. The molecule has 1 heterocycles. The standard InChI is InChI=1S/C14H26N4/c1-5-8-18(12-6-7-12)14-13(9-10(2)15)11(3)16-17(14)4/h10,12H,5-9,15H2,1-4H3. The van der Waals surface area contributed by atoms with Crippen molar-refractivity contribution in [2.24, 2.45) is 12.8 Å². The number of rotatable bonds is 6. The largest absolute Gasteiger partial charge is 0.354 e. The molecule has 1 fully saturated rings. The van der Waals surface area contributed by atoms with Gasteiger partial charge in [-0.05, 0) is 39.5 Å². The first-order valence-electron chi connectivity index (χ1n) is 7.09. The van der Waals surface area contributed by atoms with Gasteiger partial charge in [0.15, 0.2) is 0 Å². The predicted molar refractivity (Wildman–Crippen MR) is 76.0 cm³/mol. The van der Waals surface area contributed by atoms with E-state index in [9.17, 15) is 0 Å². The lowest BCUT2D eigenvalue weighted by Crippen LogP contribution is -2.30. The quantitative estimate of drug-likeness (QED) is 0.840. The molecule has 102 valence electrons. The number of nitrogens with zero attached hydrogens (tertiary/aromatic N) is 3. The lowest BCUT2D eigenvalue weighted by Gasteiger charge is -2.26. The van der Waals surface area contributed by atoms with E-state index in [1.54, 1.807) is 0 Å². The summed E-state index contributed by atoms with van der Waals surface area (Å²) in [4.78, 5) is 2.54. The van der Waals surface area contributed by atoms with Crippen molar-refractivity contribution < 1.29 is 0 Å². The molecule has 0 bridgehead atoms. The minimum atomic E-state index is 0.189. The van der Waals surface area contributed by atoms with Crippen molar-refractivity contribution in [3.05, 3.63) is 11.3 Å². The Kier molecular flexibility index (Phi) is 3.95. The van der Waals surface area contributed by atoms with Crippen LogP contribution in [0.3, 0.4) is 0 Å². The Bertz CT molecular complexity index is 404. The number of anilines is 1. The van der Waals surface area contributed by atoms with Gasteiger partial charge in [0.1, 0.15) is 5.82 Å². The van der Waals surface area contributed by atoms with Crippen LogP contribution in [-0.2, 0) is 13.5 Å². The molecule has 1 saturated carbocycles. The fraction of sp³-hybridized carbons (Fsp3) is 0.786. The Morgan fingerprint density at radius 2 is 2.17 bits per heavy atom. The molecule has 2 rings (SSSR count). The summed E-state index contributed by atoms with van der Waals surface area (Å²) in [6.07, 6.45) is 4.74. The van der Waals surface area contributed by atoms with E-state index in [2.05, 4.69) is 37.8 Å². The molecule has 0 aromatic carbocycles. The first kappa shape index (κ1) is 13.4. The Labute approximate surface area is 110 Å². The fourth-order valence-corrected chi connectivity index (χ4v) is 2.70. The van der Waals surface area contributed by atoms with Gasteiger partial charge in [-0.15, -0.1) is 0 Å².